The van der Waals surface area contributed by atoms with Gasteiger partial charge in [-0.1, -0.05) is 11.6 Å². The molecule has 1 saturated heterocycles. The quantitative estimate of drug-likeness (QED) is 0.922. The van der Waals surface area contributed by atoms with Crippen LogP contribution >= 0.6 is 11.6 Å². The third-order valence-electron chi connectivity index (χ3n) is 3.39. The van der Waals surface area contributed by atoms with Gasteiger partial charge in [0.1, 0.15) is 5.82 Å². The van der Waals surface area contributed by atoms with Gasteiger partial charge in [0, 0.05) is 24.2 Å². The lowest BCUT2D eigenvalue weighted by Crippen LogP contribution is -2.41. The third-order valence-corrected chi connectivity index (χ3v) is 3.63. The summed E-state index contributed by atoms with van der Waals surface area (Å²) in [7, 11) is 3.80. The van der Waals surface area contributed by atoms with Crippen molar-refractivity contribution in [3.63, 3.8) is 0 Å². The Morgan fingerprint density at radius 2 is 2.25 bits per heavy atom. The number of aliphatic hydroxyl groups is 1. The Bertz CT molecular complexity index is 510. The molecule has 0 aliphatic carbocycles. The molecule has 4 nitrogen and oxygen atoms in total. The number of carbonyl (C=O) groups is 1. The summed E-state index contributed by atoms with van der Waals surface area (Å²) in [6, 6.07) is 3.90. The number of β-amino-alcohol motifs (C(OH)–C–C–N with tert-alkyl or cyclic N) is 1. The van der Waals surface area contributed by atoms with Gasteiger partial charge >= 0.3 is 0 Å². The number of hydrogen-bond donors (Lipinski definition) is 1. The molecule has 1 amide bonds. The van der Waals surface area contributed by atoms with Crippen LogP contribution in [0.15, 0.2) is 18.2 Å². The second-order valence-corrected chi connectivity index (χ2v) is 5.82. The smallest absolute Gasteiger partial charge is 0.257 e. The highest BCUT2D eigenvalue weighted by atomic mass is 35.5. The molecule has 1 aliphatic heterocycles. The Morgan fingerprint density at radius 3 is 2.85 bits per heavy atom. The average Bonchev–Trinajstić information content (AvgIpc) is 2.68. The van der Waals surface area contributed by atoms with E-state index < -0.39 is 17.8 Å². The summed E-state index contributed by atoms with van der Waals surface area (Å²) in [4.78, 5) is 15.9. The monoisotopic (exact) mass is 300 g/mol. The maximum absolute atomic E-state index is 13.8. The first-order valence-electron chi connectivity index (χ1n) is 6.47. The Kier molecular flexibility index (Phi) is 4.62. The van der Waals surface area contributed by atoms with Crippen molar-refractivity contribution < 1.29 is 14.3 Å². The molecule has 0 aromatic heterocycles. The van der Waals surface area contributed by atoms with Crippen molar-refractivity contribution in [3.05, 3.63) is 34.6 Å². The second kappa shape index (κ2) is 6.08. The van der Waals surface area contributed by atoms with Crippen LogP contribution in [0.25, 0.3) is 0 Å². The van der Waals surface area contributed by atoms with Crippen molar-refractivity contribution in [2.24, 2.45) is 0 Å². The first-order chi connectivity index (χ1) is 9.38. The van der Waals surface area contributed by atoms with E-state index in [-0.39, 0.29) is 23.2 Å². The van der Waals surface area contributed by atoms with Gasteiger partial charge in [-0.25, -0.2) is 4.39 Å². The highest BCUT2D eigenvalue weighted by molar-refractivity contribution is 6.30. The largest absolute Gasteiger partial charge is 0.391 e. The van der Waals surface area contributed by atoms with Gasteiger partial charge in [-0.3, -0.25) is 4.79 Å². The highest BCUT2D eigenvalue weighted by Gasteiger charge is 2.35. The predicted molar refractivity (Wildman–Crippen MR) is 75.4 cm³/mol. The molecular formula is C14H18ClFN2O2. The van der Waals surface area contributed by atoms with Crippen LogP contribution in [0.2, 0.25) is 5.02 Å². The molecule has 1 heterocycles. The molecule has 20 heavy (non-hydrogen) atoms. The van der Waals surface area contributed by atoms with Crippen molar-refractivity contribution in [2.45, 2.75) is 18.6 Å². The van der Waals surface area contributed by atoms with E-state index in [1.807, 2.05) is 19.0 Å². The summed E-state index contributed by atoms with van der Waals surface area (Å²) >= 11 is 5.69. The van der Waals surface area contributed by atoms with E-state index >= 15 is 0 Å². The SMILES string of the molecule is CN(C)CC1CC(O)CN1C(=O)c1ccc(Cl)cc1F. The van der Waals surface area contributed by atoms with Crippen LogP contribution in [-0.2, 0) is 0 Å². The average molecular weight is 301 g/mol. The van der Waals surface area contributed by atoms with Crippen LogP contribution in [0, 0.1) is 5.82 Å². The summed E-state index contributed by atoms with van der Waals surface area (Å²) in [6.45, 7) is 0.872. The van der Waals surface area contributed by atoms with Crippen molar-refractivity contribution in [1.29, 1.82) is 0 Å². The topological polar surface area (TPSA) is 43.8 Å². The van der Waals surface area contributed by atoms with Crippen molar-refractivity contribution in [3.8, 4) is 0 Å². The van der Waals surface area contributed by atoms with E-state index in [0.29, 0.717) is 13.0 Å². The summed E-state index contributed by atoms with van der Waals surface area (Å²) in [6.07, 6.45) is -0.0432. The lowest BCUT2D eigenvalue weighted by molar-refractivity contribution is 0.0694. The van der Waals surface area contributed by atoms with Crippen molar-refractivity contribution >= 4 is 17.5 Å². The van der Waals surface area contributed by atoms with Gasteiger partial charge in [-0.2, -0.15) is 0 Å². The Balaban J connectivity index is 2.22. The van der Waals surface area contributed by atoms with Gasteiger partial charge in [0.25, 0.3) is 5.91 Å². The van der Waals surface area contributed by atoms with Gasteiger partial charge in [-0.15, -0.1) is 0 Å². The number of benzene rings is 1. The van der Waals surface area contributed by atoms with Crippen LogP contribution in [-0.4, -0.2) is 60.1 Å². The van der Waals surface area contributed by atoms with Crippen LogP contribution in [0.5, 0.6) is 0 Å². The fourth-order valence-corrected chi connectivity index (χ4v) is 2.71. The maximum atomic E-state index is 13.8. The fourth-order valence-electron chi connectivity index (χ4n) is 2.55. The Hall–Kier alpha value is -1.17. The van der Waals surface area contributed by atoms with E-state index in [9.17, 15) is 14.3 Å². The molecule has 2 rings (SSSR count). The third kappa shape index (κ3) is 3.29. The zero-order valence-electron chi connectivity index (χ0n) is 11.5. The zero-order valence-corrected chi connectivity index (χ0v) is 12.3. The van der Waals surface area contributed by atoms with Crippen LogP contribution < -0.4 is 0 Å². The van der Waals surface area contributed by atoms with Crippen LogP contribution in [0.1, 0.15) is 16.8 Å². The molecular weight excluding hydrogens is 283 g/mol. The van der Waals surface area contributed by atoms with Crippen molar-refractivity contribution in [2.75, 3.05) is 27.2 Å². The predicted octanol–water partition coefficient (Wildman–Crippen LogP) is 1.62. The number of amides is 1. The maximum Gasteiger partial charge on any atom is 0.257 e. The summed E-state index contributed by atoms with van der Waals surface area (Å²) in [5, 5.41) is 10.0. The van der Waals surface area contributed by atoms with Gasteiger partial charge in [0.15, 0.2) is 0 Å². The van der Waals surface area contributed by atoms with E-state index in [1.54, 1.807) is 0 Å². The van der Waals surface area contributed by atoms with Crippen molar-refractivity contribution in [1.82, 2.24) is 9.80 Å². The number of hydrogen-bond acceptors (Lipinski definition) is 3. The van der Waals surface area contributed by atoms with Gasteiger partial charge in [0.2, 0.25) is 0 Å². The molecule has 0 radical (unpaired) electrons. The summed E-state index contributed by atoms with van der Waals surface area (Å²) < 4.78 is 13.8. The second-order valence-electron chi connectivity index (χ2n) is 5.39. The minimum atomic E-state index is -0.632. The molecule has 1 fully saturated rings. The number of likely N-dealkylation sites (tertiary alicyclic amines) is 1. The minimum Gasteiger partial charge on any atom is -0.391 e. The molecule has 1 aliphatic rings. The normalized spacial score (nSPS) is 22.6. The zero-order chi connectivity index (χ0) is 14.9. The molecule has 2 unspecified atom stereocenters. The fraction of sp³-hybridized carbons (Fsp3) is 0.500. The van der Waals surface area contributed by atoms with Gasteiger partial charge < -0.3 is 14.9 Å². The number of likely N-dealkylation sites (N-methyl/N-ethyl adjacent to an activating group) is 1. The number of aliphatic hydroxyl groups excluding tert-OH is 1. The number of rotatable bonds is 3. The summed E-state index contributed by atoms with van der Waals surface area (Å²) in [5.41, 5.74) is -0.00717. The minimum absolute atomic E-state index is 0.00717. The molecule has 2 atom stereocenters. The molecule has 1 aromatic rings. The summed E-state index contributed by atoms with van der Waals surface area (Å²) in [5.74, 6) is -1.03. The molecule has 1 aromatic carbocycles. The Morgan fingerprint density at radius 1 is 1.55 bits per heavy atom. The Labute approximate surface area is 122 Å². The molecule has 0 bridgehead atoms. The van der Waals surface area contributed by atoms with E-state index in [0.717, 1.165) is 6.07 Å². The van der Waals surface area contributed by atoms with Gasteiger partial charge in [0.05, 0.1) is 11.7 Å². The lowest BCUT2D eigenvalue weighted by atomic mass is 10.1. The van der Waals surface area contributed by atoms with E-state index in [4.69, 9.17) is 11.6 Å². The lowest BCUT2D eigenvalue weighted by Gasteiger charge is -2.27. The van der Waals surface area contributed by atoms with E-state index in [1.165, 1.54) is 17.0 Å². The first kappa shape index (κ1) is 15.2. The molecule has 0 spiro atoms. The molecule has 1 N–H and O–H groups in total. The van der Waals surface area contributed by atoms with Crippen LogP contribution in [0.3, 0.4) is 0 Å². The number of halogens is 2. The molecule has 6 heteroatoms. The number of nitrogens with zero attached hydrogens (tertiary/aromatic N) is 2. The highest BCUT2D eigenvalue weighted by Crippen LogP contribution is 2.23. The standard InChI is InChI=1S/C14H18ClFN2O2/c1-17(2)7-10-6-11(19)8-18(10)14(20)12-4-3-9(15)5-13(12)16/h3-5,10-11,19H,6-8H2,1-2H3. The molecule has 110 valence electrons. The van der Waals surface area contributed by atoms with E-state index in [2.05, 4.69) is 0 Å². The van der Waals surface area contributed by atoms with Crippen LogP contribution in [0.4, 0.5) is 4.39 Å². The number of carbonyl (C=O) groups excluding carboxylic acids is 1. The van der Waals surface area contributed by atoms with Gasteiger partial charge in [-0.05, 0) is 38.7 Å². The first-order valence-corrected chi connectivity index (χ1v) is 6.85. The molecule has 0 saturated carbocycles.